The van der Waals surface area contributed by atoms with Gasteiger partial charge in [-0.3, -0.25) is 14.4 Å². The molecule has 24 heavy (non-hydrogen) atoms. The molecule has 0 saturated heterocycles. The van der Waals surface area contributed by atoms with E-state index >= 15 is 0 Å². The fourth-order valence-corrected chi connectivity index (χ4v) is 1.92. The zero-order valence-electron chi connectivity index (χ0n) is 14.7. The van der Waals surface area contributed by atoms with Gasteiger partial charge in [-0.25, -0.2) is 4.79 Å². The van der Waals surface area contributed by atoms with Crippen LogP contribution < -0.4 is 5.32 Å². The van der Waals surface area contributed by atoms with E-state index in [4.69, 9.17) is 9.47 Å². The molecule has 0 aliphatic carbocycles. The number of esters is 3. The minimum absolute atomic E-state index is 0.550. The van der Waals surface area contributed by atoms with Crippen molar-refractivity contribution in [3.63, 3.8) is 0 Å². The van der Waals surface area contributed by atoms with Crippen LogP contribution in [0.25, 0.3) is 0 Å². The summed E-state index contributed by atoms with van der Waals surface area (Å²) in [6.07, 6.45) is -2.05. The number of aliphatic hydroxyl groups is 1. The lowest BCUT2D eigenvalue weighted by atomic mass is 9.96. The van der Waals surface area contributed by atoms with Crippen LogP contribution in [-0.4, -0.2) is 60.4 Å². The molecule has 9 nitrogen and oxygen atoms in total. The summed E-state index contributed by atoms with van der Waals surface area (Å²) in [5, 5.41) is 11.7. The Bertz CT molecular complexity index is 492. The van der Waals surface area contributed by atoms with Crippen molar-refractivity contribution in [1.82, 2.24) is 5.32 Å². The van der Waals surface area contributed by atoms with Gasteiger partial charge in [-0.1, -0.05) is 6.92 Å². The van der Waals surface area contributed by atoms with Crippen LogP contribution in [0.1, 0.15) is 34.6 Å². The normalized spacial score (nSPS) is 16.8. The molecule has 4 atom stereocenters. The van der Waals surface area contributed by atoms with Gasteiger partial charge in [0.25, 0.3) is 5.91 Å². The summed E-state index contributed by atoms with van der Waals surface area (Å²) in [5.74, 6) is -3.65. The second kappa shape index (κ2) is 9.21. The first-order chi connectivity index (χ1) is 11.0. The second-order valence-corrected chi connectivity index (χ2v) is 5.67. The van der Waals surface area contributed by atoms with Gasteiger partial charge in [0.2, 0.25) is 0 Å². The summed E-state index contributed by atoms with van der Waals surface area (Å²) in [6.45, 7) is 5.98. The number of hydrogen-bond donors (Lipinski definition) is 2. The number of rotatable bonds is 8. The lowest BCUT2D eigenvalue weighted by Gasteiger charge is -2.31. The maximum Gasteiger partial charge on any atom is 0.333 e. The Kier molecular flexibility index (Phi) is 8.38. The lowest BCUT2D eigenvalue weighted by Crippen LogP contribution is -2.59. The van der Waals surface area contributed by atoms with Crippen LogP contribution in [0.4, 0.5) is 0 Å². The number of aliphatic hydroxyl groups excluding tert-OH is 1. The molecule has 0 aliphatic rings. The molecule has 0 heterocycles. The summed E-state index contributed by atoms with van der Waals surface area (Å²) in [5.41, 5.74) is -1.70. The van der Waals surface area contributed by atoms with Crippen molar-refractivity contribution in [2.24, 2.45) is 5.92 Å². The van der Waals surface area contributed by atoms with Gasteiger partial charge in [0.1, 0.15) is 6.10 Å². The van der Waals surface area contributed by atoms with E-state index < -0.39 is 54.1 Å². The summed E-state index contributed by atoms with van der Waals surface area (Å²) < 4.78 is 14.5. The lowest BCUT2D eigenvalue weighted by molar-refractivity contribution is -0.166. The smallest absolute Gasteiger partial charge is 0.333 e. The van der Waals surface area contributed by atoms with Gasteiger partial charge in [-0.15, -0.1) is 0 Å². The third-order valence-corrected chi connectivity index (χ3v) is 3.47. The molecule has 2 N–H and O–H groups in total. The molecule has 0 rings (SSSR count). The average Bonchev–Trinajstić information content (AvgIpc) is 2.49. The molecule has 0 unspecified atom stereocenters. The van der Waals surface area contributed by atoms with Crippen molar-refractivity contribution >= 4 is 23.8 Å². The Labute approximate surface area is 140 Å². The summed E-state index contributed by atoms with van der Waals surface area (Å²) >= 11 is 0. The molecule has 0 bridgehead atoms. The topological polar surface area (TPSA) is 128 Å². The molecule has 0 spiro atoms. The molecular formula is C15H25NO8. The molecule has 9 heteroatoms. The molecule has 0 fully saturated rings. The highest BCUT2D eigenvalue weighted by Crippen LogP contribution is 2.18. The summed E-state index contributed by atoms with van der Waals surface area (Å²) in [6, 6.07) is 0. The molecule has 0 aromatic carbocycles. The number of hydrogen-bond acceptors (Lipinski definition) is 8. The van der Waals surface area contributed by atoms with Crippen molar-refractivity contribution in [2.45, 2.75) is 52.4 Å². The van der Waals surface area contributed by atoms with E-state index in [1.807, 2.05) is 0 Å². The van der Waals surface area contributed by atoms with Crippen LogP contribution in [0.2, 0.25) is 0 Å². The van der Waals surface area contributed by atoms with E-state index in [9.17, 15) is 24.3 Å². The van der Waals surface area contributed by atoms with Crippen LogP contribution in [0.5, 0.6) is 0 Å². The number of amides is 1. The van der Waals surface area contributed by atoms with Crippen LogP contribution in [0, 0.1) is 5.92 Å². The molecule has 0 aromatic heterocycles. The number of methoxy groups -OCH3 is 1. The van der Waals surface area contributed by atoms with E-state index in [-0.39, 0.29) is 0 Å². The number of nitrogens with one attached hydrogen (secondary N) is 1. The Morgan fingerprint density at radius 3 is 1.96 bits per heavy atom. The number of ether oxygens (including phenoxy) is 3. The Morgan fingerprint density at radius 2 is 1.58 bits per heavy atom. The SMILES string of the molecule is COC(=O)[C@](C)(CO)NC(=O)[C@H](OC(C)=O)[C@@H](C)[C@@H](C)OC(C)=O. The first kappa shape index (κ1) is 21.8. The molecular weight excluding hydrogens is 322 g/mol. The van der Waals surface area contributed by atoms with Crippen LogP contribution >= 0.6 is 0 Å². The van der Waals surface area contributed by atoms with Crippen molar-refractivity contribution < 1.29 is 38.5 Å². The van der Waals surface area contributed by atoms with Crippen LogP contribution in [-0.2, 0) is 33.4 Å². The van der Waals surface area contributed by atoms with E-state index in [1.54, 1.807) is 13.8 Å². The van der Waals surface area contributed by atoms with Crippen molar-refractivity contribution in [1.29, 1.82) is 0 Å². The molecule has 0 radical (unpaired) electrons. The van der Waals surface area contributed by atoms with E-state index in [2.05, 4.69) is 10.1 Å². The third-order valence-electron chi connectivity index (χ3n) is 3.47. The highest BCUT2D eigenvalue weighted by molar-refractivity contribution is 5.90. The Balaban J connectivity index is 5.36. The van der Waals surface area contributed by atoms with Crippen molar-refractivity contribution in [3.05, 3.63) is 0 Å². The number of carbonyl (C=O) groups is 4. The zero-order valence-corrected chi connectivity index (χ0v) is 14.7. The maximum atomic E-state index is 12.5. The van der Waals surface area contributed by atoms with Gasteiger partial charge in [-0.05, 0) is 13.8 Å². The fourth-order valence-electron chi connectivity index (χ4n) is 1.92. The standard InChI is InChI=1S/C15H25NO8/c1-8(9(2)23-10(3)18)12(24-11(4)19)13(20)16-15(5,7-17)14(21)22-6/h8-9,12,17H,7H2,1-6H3,(H,16,20)/t8-,9+,12+,15-/m0/s1. The first-order valence-corrected chi connectivity index (χ1v) is 7.34. The summed E-state index contributed by atoms with van der Waals surface area (Å²) in [7, 11) is 1.11. The molecule has 0 saturated carbocycles. The molecule has 138 valence electrons. The Morgan fingerprint density at radius 1 is 1.08 bits per heavy atom. The molecule has 0 aliphatic heterocycles. The van der Waals surface area contributed by atoms with E-state index in [0.29, 0.717) is 0 Å². The van der Waals surface area contributed by atoms with E-state index in [1.165, 1.54) is 13.8 Å². The molecule has 1 amide bonds. The second-order valence-electron chi connectivity index (χ2n) is 5.67. The van der Waals surface area contributed by atoms with Gasteiger partial charge in [0.15, 0.2) is 11.6 Å². The van der Waals surface area contributed by atoms with Gasteiger partial charge >= 0.3 is 17.9 Å². The largest absolute Gasteiger partial charge is 0.467 e. The first-order valence-electron chi connectivity index (χ1n) is 7.34. The maximum absolute atomic E-state index is 12.5. The predicted octanol–water partition coefficient (Wildman–Crippen LogP) is -0.454. The third kappa shape index (κ3) is 6.15. The predicted molar refractivity (Wildman–Crippen MR) is 81.6 cm³/mol. The minimum atomic E-state index is -1.70. The fraction of sp³-hybridized carbons (Fsp3) is 0.733. The van der Waals surface area contributed by atoms with Gasteiger partial charge in [0.05, 0.1) is 13.7 Å². The van der Waals surface area contributed by atoms with Gasteiger partial charge in [0, 0.05) is 19.8 Å². The quantitative estimate of drug-likeness (QED) is 0.446. The Hall–Kier alpha value is -2.16. The van der Waals surface area contributed by atoms with Crippen LogP contribution in [0.3, 0.4) is 0 Å². The highest BCUT2D eigenvalue weighted by Gasteiger charge is 2.41. The van der Waals surface area contributed by atoms with Crippen molar-refractivity contribution in [2.75, 3.05) is 13.7 Å². The number of carbonyl (C=O) groups excluding carboxylic acids is 4. The molecule has 0 aromatic rings. The summed E-state index contributed by atoms with van der Waals surface area (Å²) in [4.78, 5) is 46.5. The highest BCUT2D eigenvalue weighted by atomic mass is 16.6. The minimum Gasteiger partial charge on any atom is -0.467 e. The van der Waals surface area contributed by atoms with E-state index in [0.717, 1.165) is 14.0 Å². The van der Waals surface area contributed by atoms with Gasteiger partial charge in [-0.2, -0.15) is 0 Å². The van der Waals surface area contributed by atoms with Crippen molar-refractivity contribution in [3.8, 4) is 0 Å². The van der Waals surface area contributed by atoms with Crippen LogP contribution in [0.15, 0.2) is 0 Å². The van der Waals surface area contributed by atoms with Gasteiger partial charge < -0.3 is 24.6 Å². The zero-order chi connectivity index (χ0) is 19.1. The average molecular weight is 347 g/mol. The monoisotopic (exact) mass is 347 g/mol.